The zero-order chi connectivity index (χ0) is 22.7. The molecule has 4 rings (SSSR count). The smallest absolute Gasteiger partial charge is 0.419 e. The summed E-state index contributed by atoms with van der Waals surface area (Å²) >= 11 is 0. The highest BCUT2D eigenvalue weighted by Crippen LogP contribution is 2.39. The molecule has 0 N–H and O–H groups in total. The molecule has 0 aliphatic carbocycles. The van der Waals surface area contributed by atoms with Crippen molar-refractivity contribution >= 4 is 6.09 Å². The van der Waals surface area contributed by atoms with Gasteiger partial charge in [0.15, 0.2) is 0 Å². The minimum atomic E-state index is -0.626. The van der Waals surface area contributed by atoms with Crippen LogP contribution >= 0.6 is 0 Å². The molecule has 1 aromatic heterocycles. The Morgan fingerprint density at radius 2 is 1.31 bits per heavy atom. The van der Waals surface area contributed by atoms with Crippen molar-refractivity contribution in [3.63, 3.8) is 0 Å². The van der Waals surface area contributed by atoms with Crippen molar-refractivity contribution in [2.45, 2.75) is 26.4 Å². The van der Waals surface area contributed by atoms with E-state index in [-0.39, 0.29) is 0 Å². The van der Waals surface area contributed by atoms with Crippen molar-refractivity contribution in [1.82, 2.24) is 4.57 Å². The maximum atomic E-state index is 13.5. The minimum Gasteiger partial charge on any atom is -0.497 e. The van der Waals surface area contributed by atoms with Crippen molar-refractivity contribution in [3.8, 4) is 39.4 Å². The van der Waals surface area contributed by atoms with Gasteiger partial charge in [-0.2, -0.15) is 0 Å². The zero-order valence-corrected chi connectivity index (χ0v) is 18.8. The highest BCUT2D eigenvalue weighted by Gasteiger charge is 2.27. The summed E-state index contributed by atoms with van der Waals surface area (Å²) in [6.45, 7) is 5.63. The molecule has 4 nitrogen and oxygen atoms in total. The Labute approximate surface area is 189 Å². The van der Waals surface area contributed by atoms with Crippen LogP contribution in [0.1, 0.15) is 20.8 Å². The van der Waals surface area contributed by atoms with Crippen LogP contribution in [0.25, 0.3) is 33.6 Å². The summed E-state index contributed by atoms with van der Waals surface area (Å²) in [4.78, 5) is 13.5. The largest absolute Gasteiger partial charge is 0.497 e. The summed E-state index contributed by atoms with van der Waals surface area (Å²) < 4.78 is 12.8. The molecule has 0 aliphatic heterocycles. The van der Waals surface area contributed by atoms with E-state index in [4.69, 9.17) is 9.47 Å². The van der Waals surface area contributed by atoms with Gasteiger partial charge >= 0.3 is 6.09 Å². The average Bonchev–Trinajstić information content (AvgIpc) is 3.20. The van der Waals surface area contributed by atoms with Gasteiger partial charge < -0.3 is 9.47 Å². The first-order valence-electron chi connectivity index (χ1n) is 10.6. The second-order valence-corrected chi connectivity index (χ2v) is 8.57. The Balaban J connectivity index is 2.02. The highest BCUT2D eigenvalue weighted by molar-refractivity contribution is 5.94. The van der Waals surface area contributed by atoms with E-state index < -0.39 is 11.7 Å². The van der Waals surface area contributed by atoms with Gasteiger partial charge in [-0.3, -0.25) is 0 Å². The molecule has 3 aromatic carbocycles. The number of methoxy groups -OCH3 is 1. The lowest BCUT2D eigenvalue weighted by atomic mass is 10.0. The van der Waals surface area contributed by atoms with Crippen LogP contribution in [0.3, 0.4) is 0 Å². The Morgan fingerprint density at radius 3 is 1.84 bits per heavy atom. The molecule has 0 unspecified atom stereocenters. The number of benzene rings is 3. The molecule has 0 amide bonds. The third-order valence-electron chi connectivity index (χ3n) is 5.09. The lowest BCUT2D eigenvalue weighted by Gasteiger charge is -2.22. The number of carbonyl (C=O) groups is 1. The summed E-state index contributed by atoms with van der Waals surface area (Å²) in [6, 6.07) is 29.8. The highest BCUT2D eigenvalue weighted by atomic mass is 16.6. The van der Waals surface area contributed by atoms with Crippen LogP contribution in [-0.4, -0.2) is 23.4 Å². The summed E-state index contributed by atoms with van der Waals surface area (Å²) in [7, 11) is 1.64. The molecule has 0 bridgehead atoms. The minimum absolute atomic E-state index is 0.413. The van der Waals surface area contributed by atoms with Gasteiger partial charge in [-0.05, 0) is 67.8 Å². The third-order valence-corrected chi connectivity index (χ3v) is 5.09. The number of hydrogen-bond donors (Lipinski definition) is 0. The Morgan fingerprint density at radius 1 is 0.750 bits per heavy atom. The van der Waals surface area contributed by atoms with Crippen LogP contribution < -0.4 is 4.74 Å². The zero-order valence-electron chi connectivity index (χ0n) is 18.8. The first kappa shape index (κ1) is 21.4. The molecule has 0 radical (unpaired) electrons. The number of hydrogen-bond acceptors (Lipinski definition) is 3. The summed E-state index contributed by atoms with van der Waals surface area (Å²) in [6.07, 6.45) is -0.413. The number of aromatic nitrogens is 1. The van der Waals surface area contributed by atoms with Gasteiger partial charge in [0.2, 0.25) is 0 Å². The SMILES string of the molecule is COc1ccc(-c2cc(-c3ccccc3)c(-c3ccccc3)n2C(=O)OC(C)(C)C)cc1. The molecule has 0 fully saturated rings. The molecule has 0 spiro atoms. The van der Waals surface area contributed by atoms with E-state index in [1.165, 1.54) is 0 Å². The molecule has 4 aromatic rings. The van der Waals surface area contributed by atoms with Crippen LogP contribution in [0.15, 0.2) is 91.0 Å². The average molecular weight is 426 g/mol. The molecule has 32 heavy (non-hydrogen) atoms. The summed E-state index contributed by atoms with van der Waals surface area (Å²) in [5.41, 5.74) is 4.78. The van der Waals surface area contributed by atoms with Crippen LogP contribution in [-0.2, 0) is 4.74 Å². The van der Waals surface area contributed by atoms with Crippen LogP contribution in [0, 0.1) is 0 Å². The molecule has 0 saturated heterocycles. The standard InChI is InChI=1S/C28H27NO3/c1-28(2,3)32-27(30)29-25(21-15-17-23(31-4)18-16-21)19-24(20-11-7-5-8-12-20)26(29)22-13-9-6-10-14-22/h5-19H,1-4H3. The topological polar surface area (TPSA) is 40.5 Å². The molecule has 1 heterocycles. The van der Waals surface area contributed by atoms with E-state index in [1.54, 1.807) is 11.7 Å². The van der Waals surface area contributed by atoms with Crippen molar-refractivity contribution < 1.29 is 14.3 Å². The van der Waals surface area contributed by atoms with Gasteiger partial charge in [0, 0.05) is 5.56 Å². The van der Waals surface area contributed by atoms with Crippen molar-refractivity contribution in [2.75, 3.05) is 7.11 Å². The third kappa shape index (κ3) is 4.45. The lowest BCUT2D eigenvalue weighted by Crippen LogP contribution is -2.28. The van der Waals surface area contributed by atoms with Crippen LogP contribution in [0.5, 0.6) is 5.75 Å². The lowest BCUT2D eigenvalue weighted by molar-refractivity contribution is 0.0543. The molecule has 4 heteroatoms. The Hall–Kier alpha value is -3.79. The van der Waals surface area contributed by atoms with Gasteiger partial charge in [0.1, 0.15) is 11.4 Å². The maximum Gasteiger partial charge on any atom is 0.419 e. The Kier molecular flexibility index (Phi) is 5.87. The second-order valence-electron chi connectivity index (χ2n) is 8.57. The first-order valence-corrected chi connectivity index (χ1v) is 10.6. The van der Waals surface area contributed by atoms with Gasteiger partial charge in [0.05, 0.1) is 18.5 Å². The fourth-order valence-corrected chi connectivity index (χ4v) is 3.70. The second kappa shape index (κ2) is 8.75. The normalized spacial score (nSPS) is 11.2. The summed E-state index contributed by atoms with van der Waals surface area (Å²) in [5.74, 6) is 0.760. The van der Waals surface area contributed by atoms with E-state index in [1.807, 2.05) is 93.6 Å². The van der Waals surface area contributed by atoms with Gasteiger partial charge in [-0.25, -0.2) is 9.36 Å². The van der Waals surface area contributed by atoms with Crippen molar-refractivity contribution in [1.29, 1.82) is 0 Å². The van der Waals surface area contributed by atoms with Gasteiger partial charge in [0.25, 0.3) is 0 Å². The molecule has 0 saturated carbocycles. The van der Waals surface area contributed by atoms with Crippen LogP contribution in [0.4, 0.5) is 4.79 Å². The van der Waals surface area contributed by atoms with Crippen molar-refractivity contribution in [3.05, 3.63) is 91.0 Å². The van der Waals surface area contributed by atoms with E-state index >= 15 is 0 Å². The fraction of sp³-hybridized carbons (Fsp3) is 0.179. The van der Waals surface area contributed by atoms with Crippen LogP contribution in [0.2, 0.25) is 0 Å². The van der Waals surface area contributed by atoms with Crippen molar-refractivity contribution in [2.24, 2.45) is 0 Å². The molecule has 0 atom stereocenters. The van der Waals surface area contributed by atoms with E-state index in [2.05, 4.69) is 18.2 Å². The van der Waals surface area contributed by atoms with Gasteiger partial charge in [-0.1, -0.05) is 60.7 Å². The summed E-state index contributed by atoms with van der Waals surface area (Å²) in [5, 5.41) is 0. The molecule has 162 valence electrons. The predicted molar refractivity (Wildman–Crippen MR) is 129 cm³/mol. The molecule has 0 aliphatic rings. The molecular weight excluding hydrogens is 398 g/mol. The maximum absolute atomic E-state index is 13.5. The monoisotopic (exact) mass is 425 g/mol. The van der Waals surface area contributed by atoms with E-state index in [0.717, 1.165) is 39.4 Å². The number of carbonyl (C=O) groups excluding carboxylic acids is 1. The first-order chi connectivity index (χ1) is 15.4. The Bertz CT molecular complexity index is 1200. The fourth-order valence-electron chi connectivity index (χ4n) is 3.70. The quantitative estimate of drug-likeness (QED) is 0.345. The van der Waals surface area contributed by atoms with E-state index in [9.17, 15) is 4.79 Å². The number of ether oxygens (including phenoxy) is 2. The number of rotatable bonds is 4. The molecular formula is C28H27NO3. The number of nitrogens with zero attached hydrogens (tertiary/aromatic N) is 1. The van der Waals surface area contributed by atoms with Gasteiger partial charge in [-0.15, -0.1) is 0 Å². The van der Waals surface area contributed by atoms with E-state index in [0.29, 0.717) is 0 Å². The predicted octanol–water partition coefficient (Wildman–Crippen LogP) is 7.28.